The Morgan fingerprint density at radius 1 is 1.14 bits per heavy atom. The van der Waals surface area contributed by atoms with Gasteiger partial charge in [-0.3, -0.25) is 19.8 Å². The lowest BCUT2D eigenvalue weighted by Gasteiger charge is -2.35. The molecule has 3 aromatic heterocycles. The Morgan fingerprint density at radius 3 is 2.93 bits per heavy atom. The number of nitrogens with one attached hydrogen (secondary N) is 1. The van der Waals surface area contributed by atoms with E-state index in [0.717, 1.165) is 56.2 Å². The number of nitrogens with zero attached hydrogens (tertiary/aromatic N) is 5. The largest absolute Gasteiger partial charge is 0.458 e. The average molecular weight is 378 g/mol. The van der Waals surface area contributed by atoms with Gasteiger partial charge in [0.05, 0.1) is 12.7 Å². The van der Waals surface area contributed by atoms with E-state index in [1.54, 1.807) is 24.8 Å². The normalized spacial score (nSPS) is 22.4. The number of aromatic nitrogens is 4. The Morgan fingerprint density at radius 2 is 2.11 bits per heavy atom. The molecule has 2 bridgehead atoms. The van der Waals surface area contributed by atoms with Crippen LogP contribution in [0.4, 0.5) is 0 Å². The van der Waals surface area contributed by atoms with Crippen molar-refractivity contribution in [3.63, 3.8) is 0 Å². The SMILES string of the molecule is O=C(c1cnccn1)N1C[C@H]2CC[C@@H](C1)N(Cc1ccc(-c3ccn[nH]3)o1)C2. The molecule has 144 valence electrons. The van der Waals surface area contributed by atoms with Gasteiger partial charge in [0.15, 0.2) is 5.76 Å². The van der Waals surface area contributed by atoms with E-state index in [2.05, 4.69) is 25.1 Å². The summed E-state index contributed by atoms with van der Waals surface area (Å²) in [6.45, 7) is 3.23. The van der Waals surface area contributed by atoms with Gasteiger partial charge in [-0.15, -0.1) is 0 Å². The van der Waals surface area contributed by atoms with E-state index >= 15 is 0 Å². The van der Waals surface area contributed by atoms with Crippen molar-refractivity contribution in [2.75, 3.05) is 19.6 Å². The number of H-pyrrole nitrogens is 1. The Hall–Kier alpha value is -3.00. The van der Waals surface area contributed by atoms with Crippen LogP contribution in [0.15, 0.2) is 47.4 Å². The lowest BCUT2D eigenvalue weighted by atomic mass is 9.95. The smallest absolute Gasteiger partial charge is 0.274 e. The Bertz CT molecular complexity index is 939. The van der Waals surface area contributed by atoms with Crippen LogP contribution in [0.25, 0.3) is 11.5 Å². The van der Waals surface area contributed by atoms with E-state index in [0.29, 0.717) is 17.7 Å². The quantitative estimate of drug-likeness (QED) is 0.748. The first-order valence-electron chi connectivity index (χ1n) is 9.64. The third kappa shape index (κ3) is 3.31. The first-order valence-corrected chi connectivity index (χ1v) is 9.64. The Kier molecular flexibility index (Phi) is 4.40. The third-order valence-corrected chi connectivity index (χ3v) is 5.68. The summed E-state index contributed by atoms with van der Waals surface area (Å²) in [5, 5.41) is 6.90. The molecule has 3 aliphatic heterocycles. The maximum absolute atomic E-state index is 12.8. The molecule has 3 saturated heterocycles. The van der Waals surface area contributed by atoms with E-state index in [9.17, 15) is 4.79 Å². The monoisotopic (exact) mass is 378 g/mol. The zero-order valence-corrected chi connectivity index (χ0v) is 15.5. The molecule has 8 heteroatoms. The molecule has 0 saturated carbocycles. The fraction of sp³-hybridized carbons (Fsp3) is 0.400. The van der Waals surface area contributed by atoms with Gasteiger partial charge in [0.25, 0.3) is 5.91 Å². The first kappa shape index (κ1) is 17.1. The topological polar surface area (TPSA) is 91.2 Å². The number of piperidine rings is 1. The summed E-state index contributed by atoms with van der Waals surface area (Å²) < 4.78 is 6.01. The van der Waals surface area contributed by atoms with E-state index in [-0.39, 0.29) is 5.91 Å². The van der Waals surface area contributed by atoms with Crippen LogP contribution in [0.2, 0.25) is 0 Å². The summed E-state index contributed by atoms with van der Waals surface area (Å²) in [6.07, 6.45) is 8.68. The third-order valence-electron chi connectivity index (χ3n) is 5.68. The molecule has 1 N–H and O–H groups in total. The Balaban J connectivity index is 1.30. The molecule has 0 aromatic carbocycles. The number of hydrogen-bond acceptors (Lipinski definition) is 6. The van der Waals surface area contributed by atoms with Crippen molar-refractivity contribution in [2.45, 2.75) is 25.4 Å². The van der Waals surface area contributed by atoms with Gasteiger partial charge in [0.2, 0.25) is 0 Å². The Labute approximate surface area is 162 Å². The van der Waals surface area contributed by atoms with Gasteiger partial charge >= 0.3 is 0 Å². The molecule has 6 heterocycles. The van der Waals surface area contributed by atoms with Crippen molar-refractivity contribution >= 4 is 5.91 Å². The van der Waals surface area contributed by atoms with Gasteiger partial charge in [-0.1, -0.05) is 0 Å². The predicted octanol–water partition coefficient (Wildman–Crippen LogP) is 2.20. The highest BCUT2D eigenvalue weighted by Gasteiger charge is 2.37. The maximum atomic E-state index is 12.8. The van der Waals surface area contributed by atoms with Gasteiger partial charge in [0, 0.05) is 44.3 Å². The highest BCUT2D eigenvalue weighted by atomic mass is 16.3. The van der Waals surface area contributed by atoms with Crippen molar-refractivity contribution in [1.29, 1.82) is 0 Å². The van der Waals surface area contributed by atoms with Crippen LogP contribution >= 0.6 is 0 Å². The lowest BCUT2D eigenvalue weighted by molar-refractivity contribution is 0.0727. The number of rotatable bonds is 4. The first-order chi connectivity index (χ1) is 13.8. The second kappa shape index (κ2) is 7.20. The standard InChI is InChI=1S/C20H22N6O2/c27-20(18-9-21-7-8-22-18)26-11-14-1-2-15(12-26)25(10-14)13-16-3-4-19(28-16)17-5-6-23-24-17/h3-9,14-15H,1-2,10-13H2,(H,23,24)/t14-,15-/m0/s1. The summed E-state index contributed by atoms with van der Waals surface area (Å²) in [5.74, 6) is 2.18. The van der Waals surface area contributed by atoms with Crippen LogP contribution < -0.4 is 0 Å². The molecular formula is C20H22N6O2. The second-order valence-corrected chi connectivity index (χ2v) is 7.56. The van der Waals surface area contributed by atoms with E-state index < -0.39 is 0 Å². The fourth-order valence-corrected chi connectivity index (χ4v) is 4.31. The van der Waals surface area contributed by atoms with Gasteiger partial charge in [-0.2, -0.15) is 5.10 Å². The molecule has 6 rings (SSSR count). The highest BCUT2D eigenvalue weighted by Crippen LogP contribution is 2.30. The number of furan rings is 1. The molecule has 0 aliphatic carbocycles. The molecule has 0 spiro atoms. The molecule has 2 atom stereocenters. The molecule has 0 unspecified atom stereocenters. The number of aromatic amines is 1. The van der Waals surface area contributed by atoms with Crippen LogP contribution in [0.3, 0.4) is 0 Å². The lowest BCUT2D eigenvalue weighted by Crippen LogP contribution is -2.43. The van der Waals surface area contributed by atoms with Crippen molar-refractivity contribution < 1.29 is 9.21 Å². The molecular weight excluding hydrogens is 356 g/mol. The van der Waals surface area contributed by atoms with E-state index in [1.165, 1.54) is 0 Å². The minimum atomic E-state index is -0.0219. The zero-order chi connectivity index (χ0) is 18.9. The number of amides is 1. The van der Waals surface area contributed by atoms with Crippen LogP contribution in [0.5, 0.6) is 0 Å². The summed E-state index contributed by atoms with van der Waals surface area (Å²) in [7, 11) is 0. The summed E-state index contributed by atoms with van der Waals surface area (Å²) in [5.41, 5.74) is 1.30. The molecule has 3 aliphatic rings. The van der Waals surface area contributed by atoms with Gasteiger partial charge in [-0.25, -0.2) is 4.98 Å². The minimum absolute atomic E-state index is 0.0219. The predicted molar refractivity (Wildman–Crippen MR) is 101 cm³/mol. The molecule has 3 aromatic rings. The second-order valence-electron chi connectivity index (χ2n) is 7.56. The summed E-state index contributed by atoms with van der Waals surface area (Å²) >= 11 is 0. The van der Waals surface area contributed by atoms with Gasteiger partial charge in [-0.05, 0) is 37.0 Å². The van der Waals surface area contributed by atoms with Crippen LogP contribution in [-0.4, -0.2) is 61.5 Å². The number of carbonyl (C=O) groups excluding carboxylic acids is 1. The van der Waals surface area contributed by atoms with E-state index in [4.69, 9.17) is 4.42 Å². The van der Waals surface area contributed by atoms with Gasteiger partial charge in [0.1, 0.15) is 17.1 Å². The number of hydrogen-bond donors (Lipinski definition) is 1. The number of carbonyl (C=O) groups is 1. The highest BCUT2D eigenvalue weighted by molar-refractivity contribution is 5.92. The van der Waals surface area contributed by atoms with Crippen LogP contribution in [-0.2, 0) is 6.54 Å². The van der Waals surface area contributed by atoms with Crippen LogP contribution in [0, 0.1) is 5.92 Å². The van der Waals surface area contributed by atoms with Gasteiger partial charge < -0.3 is 9.32 Å². The number of fused-ring (bicyclic) bond motifs is 4. The molecule has 8 nitrogen and oxygen atoms in total. The van der Waals surface area contributed by atoms with Crippen molar-refractivity contribution in [1.82, 2.24) is 30.0 Å². The molecule has 3 fully saturated rings. The molecule has 1 amide bonds. The van der Waals surface area contributed by atoms with Crippen molar-refractivity contribution in [2.24, 2.45) is 5.92 Å². The summed E-state index contributed by atoms with van der Waals surface area (Å²) in [6, 6.07) is 6.23. The van der Waals surface area contributed by atoms with Crippen molar-refractivity contribution in [3.8, 4) is 11.5 Å². The molecule has 28 heavy (non-hydrogen) atoms. The maximum Gasteiger partial charge on any atom is 0.274 e. The average Bonchev–Trinajstić information content (AvgIpc) is 3.34. The van der Waals surface area contributed by atoms with Crippen LogP contribution in [0.1, 0.15) is 29.1 Å². The van der Waals surface area contributed by atoms with E-state index in [1.807, 2.05) is 23.1 Å². The summed E-state index contributed by atoms with van der Waals surface area (Å²) in [4.78, 5) is 25.5. The fourth-order valence-electron chi connectivity index (χ4n) is 4.31. The minimum Gasteiger partial charge on any atom is -0.458 e. The molecule has 0 radical (unpaired) electrons. The zero-order valence-electron chi connectivity index (χ0n) is 15.5. The van der Waals surface area contributed by atoms with Crippen molar-refractivity contribution in [3.05, 3.63) is 54.4 Å².